The van der Waals surface area contributed by atoms with Gasteiger partial charge in [-0.2, -0.15) is 0 Å². The van der Waals surface area contributed by atoms with Crippen molar-refractivity contribution < 1.29 is 19.4 Å². The molecule has 0 heterocycles. The Morgan fingerprint density at radius 3 is 2.48 bits per heavy atom. The van der Waals surface area contributed by atoms with Crippen molar-refractivity contribution in [2.24, 2.45) is 0 Å². The van der Waals surface area contributed by atoms with Crippen LogP contribution in [0.25, 0.3) is 0 Å². The van der Waals surface area contributed by atoms with Gasteiger partial charge in [0.1, 0.15) is 18.4 Å². The quantitative estimate of drug-likeness (QED) is 0.676. The maximum absolute atomic E-state index is 11.8. The molecule has 0 saturated carbocycles. The summed E-state index contributed by atoms with van der Waals surface area (Å²) < 4.78 is 10.7. The molecule has 1 unspecified atom stereocenters. The van der Waals surface area contributed by atoms with E-state index >= 15 is 0 Å². The molecule has 0 amide bonds. The van der Waals surface area contributed by atoms with Crippen molar-refractivity contribution in [1.82, 2.24) is 5.32 Å². The molecule has 0 aromatic heterocycles. The lowest BCUT2D eigenvalue weighted by Gasteiger charge is -2.20. The fourth-order valence-electron chi connectivity index (χ4n) is 1.89. The number of aliphatic hydroxyl groups excluding tert-OH is 1. The predicted molar refractivity (Wildman–Crippen MR) is 81.4 cm³/mol. The summed E-state index contributed by atoms with van der Waals surface area (Å²) in [6.07, 6.45) is 0.626. The first-order chi connectivity index (χ1) is 10.1. The Morgan fingerprint density at radius 1 is 1.29 bits per heavy atom. The van der Waals surface area contributed by atoms with E-state index in [9.17, 15) is 4.79 Å². The number of rotatable bonds is 9. The van der Waals surface area contributed by atoms with E-state index in [1.807, 2.05) is 38.1 Å². The second-order valence-corrected chi connectivity index (χ2v) is 5.05. The zero-order chi connectivity index (χ0) is 15.7. The normalized spacial score (nSPS) is 12.2. The van der Waals surface area contributed by atoms with Gasteiger partial charge >= 0.3 is 5.97 Å². The van der Waals surface area contributed by atoms with Crippen LogP contribution in [-0.4, -0.2) is 43.0 Å². The second kappa shape index (κ2) is 9.37. The first kappa shape index (κ1) is 17.5. The molecule has 0 fully saturated rings. The summed E-state index contributed by atoms with van der Waals surface area (Å²) in [5.74, 6) is 0.389. The molecule has 0 spiro atoms. The molecule has 2 N–H and O–H groups in total. The smallest absolute Gasteiger partial charge is 0.326 e. The van der Waals surface area contributed by atoms with Crippen LogP contribution in [0.4, 0.5) is 0 Å². The summed E-state index contributed by atoms with van der Waals surface area (Å²) >= 11 is 0. The predicted octanol–water partition coefficient (Wildman–Crippen LogP) is 1.53. The minimum absolute atomic E-state index is 0.128. The highest BCUT2D eigenvalue weighted by Gasteiger charge is 2.21. The fourth-order valence-corrected chi connectivity index (χ4v) is 1.89. The standard InChI is InChI=1S/C16H25NO4/c1-4-20-16(19)15(17-12(2)3)11-21-14-7-5-13(6-8-14)9-10-18/h5-8,12,15,17-18H,4,9-11H2,1-3H3. The van der Waals surface area contributed by atoms with Gasteiger partial charge in [0.15, 0.2) is 0 Å². The van der Waals surface area contributed by atoms with Crippen LogP contribution in [0.3, 0.4) is 0 Å². The Kier molecular flexibility index (Phi) is 7.79. The van der Waals surface area contributed by atoms with Crippen LogP contribution in [0.15, 0.2) is 24.3 Å². The van der Waals surface area contributed by atoms with Gasteiger partial charge in [-0.05, 0) is 31.0 Å². The lowest BCUT2D eigenvalue weighted by atomic mass is 10.1. The molecule has 118 valence electrons. The van der Waals surface area contributed by atoms with Crippen LogP contribution in [0.1, 0.15) is 26.3 Å². The zero-order valence-electron chi connectivity index (χ0n) is 13.0. The highest BCUT2D eigenvalue weighted by Crippen LogP contribution is 2.13. The van der Waals surface area contributed by atoms with Crippen molar-refractivity contribution in [3.63, 3.8) is 0 Å². The Morgan fingerprint density at radius 2 is 1.95 bits per heavy atom. The number of hydrogen-bond donors (Lipinski definition) is 2. The summed E-state index contributed by atoms with van der Waals surface area (Å²) in [7, 11) is 0. The van der Waals surface area contributed by atoms with Gasteiger partial charge in [0.05, 0.1) is 6.61 Å². The van der Waals surface area contributed by atoms with E-state index in [-0.39, 0.29) is 25.2 Å². The van der Waals surface area contributed by atoms with Crippen LogP contribution >= 0.6 is 0 Å². The highest BCUT2D eigenvalue weighted by molar-refractivity contribution is 5.76. The molecule has 21 heavy (non-hydrogen) atoms. The topological polar surface area (TPSA) is 67.8 Å². The fraction of sp³-hybridized carbons (Fsp3) is 0.562. The first-order valence-corrected chi connectivity index (χ1v) is 7.32. The summed E-state index contributed by atoms with van der Waals surface area (Å²) in [4.78, 5) is 11.8. The lowest BCUT2D eigenvalue weighted by Crippen LogP contribution is -2.45. The van der Waals surface area contributed by atoms with Crippen LogP contribution in [0, 0.1) is 0 Å². The number of esters is 1. The molecule has 1 rings (SSSR count). The first-order valence-electron chi connectivity index (χ1n) is 7.32. The Balaban J connectivity index is 2.56. The van der Waals surface area contributed by atoms with E-state index in [1.165, 1.54) is 0 Å². The van der Waals surface area contributed by atoms with Crippen molar-refractivity contribution in [2.45, 2.75) is 39.3 Å². The van der Waals surface area contributed by atoms with Gasteiger partial charge in [-0.15, -0.1) is 0 Å². The molecule has 0 aliphatic carbocycles. The molecule has 0 radical (unpaired) electrons. The van der Waals surface area contributed by atoms with Gasteiger partial charge in [0.2, 0.25) is 0 Å². The molecular weight excluding hydrogens is 270 g/mol. The maximum atomic E-state index is 11.8. The maximum Gasteiger partial charge on any atom is 0.326 e. The minimum atomic E-state index is -0.484. The van der Waals surface area contributed by atoms with E-state index < -0.39 is 6.04 Å². The second-order valence-electron chi connectivity index (χ2n) is 5.05. The van der Waals surface area contributed by atoms with Crippen molar-refractivity contribution in [3.8, 4) is 5.75 Å². The van der Waals surface area contributed by atoms with E-state index in [1.54, 1.807) is 6.92 Å². The monoisotopic (exact) mass is 295 g/mol. The van der Waals surface area contributed by atoms with E-state index in [4.69, 9.17) is 14.6 Å². The third-order valence-electron chi connectivity index (χ3n) is 2.85. The molecule has 1 atom stereocenters. The van der Waals surface area contributed by atoms with Crippen LogP contribution in [-0.2, 0) is 16.0 Å². The number of nitrogens with one attached hydrogen (secondary N) is 1. The molecule has 0 aliphatic rings. The third kappa shape index (κ3) is 6.60. The molecule has 5 nitrogen and oxygen atoms in total. The number of ether oxygens (including phenoxy) is 2. The zero-order valence-corrected chi connectivity index (χ0v) is 13.0. The average Bonchev–Trinajstić information content (AvgIpc) is 2.45. The van der Waals surface area contributed by atoms with Crippen molar-refractivity contribution >= 4 is 5.97 Å². The molecule has 0 aliphatic heterocycles. The van der Waals surface area contributed by atoms with Crippen molar-refractivity contribution in [3.05, 3.63) is 29.8 Å². The number of carbonyl (C=O) groups is 1. The van der Waals surface area contributed by atoms with E-state index in [2.05, 4.69) is 5.32 Å². The largest absolute Gasteiger partial charge is 0.491 e. The number of hydrogen-bond acceptors (Lipinski definition) is 5. The van der Waals surface area contributed by atoms with Crippen LogP contribution in [0.5, 0.6) is 5.75 Å². The summed E-state index contributed by atoms with van der Waals surface area (Å²) in [6.45, 7) is 6.42. The molecule has 1 aromatic rings. The van der Waals surface area contributed by atoms with Gasteiger partial charge < -0.3 is 14.6 Å². The van der Waals surface area contributed by atoms with Crippen molar-refractivity contribution in [1.29, 1.82) is 0 Å². The Bertz CT molecular complexity index is 417. The van der Waals surface area contributed by atoms with E-state index in [0.29, 0.717) is 18.8 Å². The van der Waals surface area contributed by atoms with Crippen LogP contribution in [0.2, 0.25) is 0 Å². The molecule has 0 saturated heterocycles. The SMILES string of the molecule is CCOC(=O)C(COc1ccc(CCO)cc1)NC(C)C. The number of benzene rings is 1. The van der Waals surface area contributed by atoms with Gasteiger partial charge in [-0.25, -0.2) is 0 Å². The van der Waals surface area contributed by atoms with Crippen molar-refractivity contribution in [2.75, 3.05) is 19.8 Å². The Labute approximate surface area is 126 Å². The van der Waals surface area contributed by atoms with Gasteiger partial charge in [-0.3, -0.25) is 10.1 Å². The summed E-state index contributed by atoms with van der Waals surface area (Å²) in [5.41, 5.74) is 1.05. The summed E-state index contributed by atoms with van der Waals surface area (Å²) in [6, 6.07) is 7.16. The van der Waals surface area contributed by atoms with Crippen LogP contribution < -0.4 is 10.1 Å². The van der Waals surface area contributed by atoms with E-state index in [0.717, 1.165) is 5.56 Å². The Hall–Kier alpha value is -1.59. The highest BCUT2D eigenvalue weighted by atomic mass is 16.5. The number of carbonyl (C=O) groups excluding carboxylic acids is 1. The number of aliphatic hydroxyl groups is 1. The van der Waals surface area contributed by atoms with Gasteiger partial charge in [0.25, 0.3) is 0 Å². The minimum Gasteiger partial charge on any atom is -0.491 e. The molecule has 5 heteroatoms. The molecular formula is C16H25NO4. The third-order valence-corrected chi connectivity index (χ3v) is 2.85. The van der Waals surface area contributed by atoms with Gasteiger partial charge in [-0.1, -0.05) is 26.0 Å². The molecule has 0 bridgehead atoms. The van der Waals surface area contributed by atoms with Gasteiger partial charge in [0, 0.05) is 12.6 Å². The summed E-state index contributed by atoms with van der Waals surface area (Å²) in [5, 5.41) is 12.0. The average molecular weight is 295 g/mol. The molecule has 1 aromatic carbocycles. The lowest BCUT2D eigenvalue weighted by molar-refractivity contribution is -0.146.